The summed E-state index contributed by atoms with van der Waals surface area (Å²) in [5.41, 5.74) is 3.67. The summed E-state index contributed by atoms with van der Waals surface area (Å²) in [5.74, 6) is 1.59. The Hall–Kier alpha value is -2.51. The third-order valence-electron chi connectivity index (χ3n) is 4.90. The summed E-state index contributed by atoms with van der Waals surface area (Å²) in [7, 11) is 1.64. The van der Waals surface area contributed by atoms with Crippen LogP contribution in [0.1, 0.15) is 5.56 Å². The molecule has 0 bridgehead atoms. The van der Waals surface area contributed by atoms with E-state index in [0.29, 0.717) is 25.3 Å². The third-order valence-corrected chi connectivity index (χ3v) is 5.68. The van der Waals surface area contributed by atoms with E-state index in [9.17, 15) is 0 Å². The van der Waals surface area contributed by atoms with Gasteiger partial charge in [0.1, 0.15) is 18.1 Å². The van der Waals surface area contributed by atoms with Crippen molar-refractivity contribution in [3.05, 3.63) is 88.5 Å². The number of ether oxygens (including phenoxy) is 2. The van der Waals surface area contributed by atoms with Gasteiger partial charge >= 0.3 is 0 Å². The van der Waals surface area contributed by atoms with Gasteiger partial charge in [-0.3, -0.25) is 5.41 Å². The van der Waals surface area contributed by atoms with Crippen molar-refractivity contribution in [2.75, 3.05) is 13.7 Å². The average molecular weight is 533 g/mol. The molecule has 3 aromatic carbocycles. The molecule has 156 valence electrons. The van der Waals surface area contributed by atoms with E-state index in [4.69, 9.17) is 14.9 Å². The monoisotopic (exact) mass is 531 g/mol. The van der Waals surface area contributed by atoms with E-state index in [-0.39, 0.29) is 17.0 Å². The fourth-order valence-corrected chi connectivity index (χ4v) is 3.81. The Morgan fingerprint density at radius 1 is 0.833 bits per heavy atom. The minimum atomic E-state index is 0. The van der Waals surface area contributed by atoms with Crippen molar-refractivity contribution in [2.24, 2.45) is 0 Å². The molecule has 7 heteroatoms. The summed E-state index contributed by atoms with van der Waals surface area (Å²) in [5, 5.41) is 8.77. The number of benzene rings is 3. The summed E-state index contributed by atoms with van der Waals surface area (Å²) in [6, 6.07) is 23.8. The molecule has 30 heavy (non-hydrogen) atoms. The predicted molar refractivity (Wildman–Crippen MR) is 128 cm³/mol. The van der Waals surface area contributed by atoms with E-state index in [1.807, 2.05) is 63.7 Å². The lowest BCUT2D eigenvalue weighted by atomic mass is 10.2. The number of rotatable bonds is 7. The van der Waals surface area contributed by atoms with Gasteiger partial charge in [0.05, 0.1) is 31.2 Å². The topological polar surface area (TPSA) is 52.2 Å². The number of fused-ring (bicyclic) bond motifs is 1. The Morgan fingerprint density at radius 3 is 2.10 bits per heavy atom. The summed E-state index contributed by atoms with van der Waals surface area (Å²) in [6.45, 7) is 1.70. The van der Waals surface area contributed by atoms with E-state index in [2.05, 4.69) is 34.1 Å². The number of para-hydroxylation sites is 2. The molecule has 4 rings (SSSR count). The minimum Gasteiger partial charge on any atom is -0.497 e. The Kier molecular flexibility index (Phi) is 7.39. The quantitative estimate of drug-likeness (QED) is 0.346. The van der Waals surface area contributed by atoms with Gasteiger partial charge in [-0.05, 0) is 48.0 Å². The molecule has 0 radical (unpaired) electrons. The molecule has 0 spiro atoms. The van der Waals surface area contributed by atoms with Crippen LogP contribution in [-0.2, 0) is 13.1 Å². The van der Waals surface area contributed by atoms with Gasteiger partial charge in [0.2, 0.25) is 5.62 Å². The fraction of sp³-hybridized carbons (Fsp3) is 0.174. The number of aromatic nitrogens is 2. The summed E-state index contributed by atoms with van der Waals surface area (Å²) in [4.78, 5) is 0. The number of imidazole rings is 1. The van der Waals surface area contributed by atoms with Crippen LogP contribution in [-0.4, -0.2) is 22.9 Å². The molecule has 0 atom stereocenters. The van der Waals surface area contributed by atoms with Crippen molar-refractivity contribution in [3.63, 3.8) is 0 Å². The Balaban J connectivity index is 0.00000256. The Labute approximate surface area is 194 Å². The van der Waals surface area contributed by atoms with E-state index in [0.717, 1.165) is 32.6 Å². The standard InChI is InChI=1S/C23H22BrN3O2.BrH/c1-28-18-10-12-19(13-11-18)29-15-14-26-21-8-4-5-9-22(21)27(23(26)25)16-17-6-2-3-7-20(17)24;/h2-13,25H,14-16H2,1H3;1H. The second kappa shape index (κ2) is 10.00. The smallest absolute Gasteiger partial charge is 0.203 e. The largest absolute Gasteiger partial charge is 0.497 e. The molecule has 0 aliphatic rings. The first kappa shape index (κ1) is 22.2. The van der Waals surface area contributed by atoms with Gasteiger partial charge in [-0.15, -0.1) is 17.0 Å². The molecule has 0 saturated carbocycles. The lowest BCUT2D eigenvalue weighted by Gasteiger charge is -2.09. The van der Waals surface area contributed by atoms with Gasteiger partial charge in [-0.2, -0.15) is 0 Å². The van der Waals surface area contributed by atoms with Gasteiger partial charge in [0, 0.05) is 4.47 Å². The maximum atomic E-state index is 8.77. The Bertz CT molecular complexity index is 1180. The SMILES string of the molecule is Br.COc1ccc(OCCn2c(=N)n(Cc3ccccc3Br)c3ccccc32)cc1. The van der Waals surface area contributed by atoms with Crippen molar-refractivity contribution in [3.8, 4) is 11.5 Å². The third kappa shape index (κ3) is 4.63. The lowest BCUT2D eigenvalue weighted by Crippen LogP contribution is -2.27. The molecule has 5 nitrogen and oxygen atoms in total. The zero-order valence-corrected chi connectivity index (χ0v) is 19.8. The van der Waals surface area contributed by atoms with Crippen LogP contribution in [0.25, 0.3) is 11.0 Å². The number of hydrogen-bond donors (Lipinski definition) is 1. The first-order valence-electron chi connectivity index (χ1n) is 9.40. The fourth-order valence-electron chi connectivity index (χ4n) is 3.40. The van der Waals surface area contributed by atoms with E-state index < -0.39 is 0 Å². The van der Waals surface area contributed by atoms with Crippen LogP contribution in [0.15, 0.2) is 77.3 Å². The maximum absolute atomic E-state index is 8.77. The number of nitrogens with one attached hydrogen (secondary N) is 1. The van der Waals surface area contributed by atoms with Crippen LogP contribution >= 0.6 is 32.9 Å². The van der Waals surface area contributed by atoms with Crippen LogP contribution in [0, 0.1) is 5.41 Å². The Morgan fingerprint density at radius 2 is 1.43 bits per heavy atom. The first-order valence-corrected chi connectivity index (χ1v) is 10.2. The summed E-state index contributed by atoms with van der Waals surface area (Å²) >= 11 is 3.62. The molecule has 1 heterocycles. The first-order chi connectivity index (χ1) is 14.2. The molecule has 0 aliphatic heterocycles. The van der Waals surface area contributed by atoms with Crippen molar-refractivity contribution >= 4 is 43.9 Å². The zero-order valence-electron chi connectivity index (χ0n) is 16.5. The molecule has 0 unspecified atom stereocenters. The van der Waals surface area contributed by atoms with Gasteiger partial charge in [0.25, 0.3) is 0 Å². The second-order valence-corrected chi connectivity index (χ2v) is 7.52. The molecule has 0 fully saturated rings. The van der Waals surface area contributed by atoms with E-state index in [1.165, 1.54) is 0 Å². The predicted octanol–water partition coefficient (Wildman–Crippen LogP) is 5.40. The zero-order chi connectivity index (χ0) is 20.2. The highest BCUT2D eigenvalue weighted by Crippen LogP contribution is 2.20. The van der Waals surface area contributed by atoms with Crippen molar-refractivity contribution in [1.82, 2.24) is 9.13 Å². The van der Waals surface area contributed by atoms with Gasteiger partial charge in [0.15, 0.2) is 0 Å². The normalized spacial score (nSPS) is 10.6. The molecular weight excluding hydrogens is 510 g/mol. The minimum absolute atomic E-state index is 0. The molecule has 0 amide bonds. The molecule has 1 N–H and O–H groups in total. The number of methoxy groups -OCH3 is 1. The number of halogens is 2. The van der Waals surface area contributed by atoms with Crippen LogP contribution < -0.4 is 15.1 Å². The van der Waals surface area contributed by atoms with Crippen molar-refractivity contribution in [2.45, 2.75) is 13.1 Å². The molecule has 1 aromatic heterocycles. The van der Waals surface area contributed by atoms with Crippen LogP contribution in [0.2, 0.25) is 0 Å². The van der Waals surface area contributed by atoms with Crippen LogP contribution in [0.5, 0.6) is 11.5 Å². The van der Waals surface area contributed by atoms with Crippen LogP contribution in [0.4, 0.5) is 0 Å². The summed E-state index contributed by atoms with van der Waals surface area (Å²) < 4.78 is 16.1. The molecule has 4 aromatic rings. The van der Waals surface area contributed by atoms with Crippen molar-refractivity contribution < 1.29 is 9.47 Å². The van der Waals surface area contributed by atoms with Gasteiger partial charge in [-0.25, -0.2) is 0 Å². The van der Waals surface area contributed by atoms with Gasteiger partial charge < -0.3 is 18.6 Å². The second-order valence-electron chi connectivity index (χ2n) is 6.67. The molecular formula is C23H23Br2N3O2. The average Bonchev–Trinajstić information content (AvgIpc) is 3.02. The highest BCUT2D eigenvalue weighted by molar-refractivity contribution is 9.10. The van der Waals surface area contributed by atoms with Crippen molar-refractivity contribution in [1.29, 1.82) is 5.41 Å². The number of nitrogens with zero attached hydrogens (tertiary/aromatic N) is 2. The maximum Gasteiger partial charge on any atom is 0.203 e. The lowest BCUT2D eigenvalue weighted by molar-refractivity contribution is 0.296. The van der Waals surface area contributed by atoms with E-state index >= 15 is 0 Å². The molecule has 0 saturated heterocycles. The highest BCUT2D eigenvalue weighted by Gasteiger charge is 2.12. The van der Waals surface area contributed by atoms with Gasteiger partial charge in [-0.1, -0.05) is 46.3 Å². The van der Waals surface area contributed by atoms with E-state index in [1.54, 1.807) is 7.11 Å². The van der Waals surface area contributed by atoms with Crippen LogP contribution in [0.3, 0.4) is 0 Å². The molecule has 0 aliphatic carbocycles. The summed E-state index contributed by atoms with van der Waals surface area (Å²) in [6.07, 6.45) is 0. The number of hydrogen-bond acceptors (Lipinski definition) is 3. The highest BCUT2D eigenvalue weighted by atomic mass is 79.9.